The van der Waals surface area contributed by atoms with Gasteiger partial charge in [0.05, 0.1) is 39.7 Å². The second-order valence-electron chi connectivity index (χ2n) is 11.8. The molecule has 3 aliphatic heterocycles. The fourth-order valence-corrected chi connectivity index (χ4v) is 8.30. The SMILES string of the molecule is COc1ccc(CN2CN=C3N(C2)C(=S)C2(C#N)CN(Cc4ccc(OC)cc4)CC3(C#N)C23CCCCC3)cc1. The van der Waals surface area contributed by atoms with E-state index in [1.165, 1.54) is 0 Å². The summed E-state index contributed by atoms with van der Waals surface area (Å²) in [6, 6.07) is 21.7. The van der Waals surface area contributed by atoms with Crippen molar-refractivity contribution in [1.29, 1.82) is 10.5 Å². The van der Waals surface area contributed by atoms with E-state index in [-0.39, 0.29) is 0 Å². The lowest BCUT2D eigenvalue weighted by molar-refractivity contribution is -0.0868. The third kappa shape index (κ3) is 4.22. The summed E-state index contributed by atoms with van der Waals surface area (Å²) < 4.78 is 10.7. The molecule has 3 heterocycles. The Morgan fingerprint density at radius 3 is 1.88 bits per heavy atom. The van der Waals surface area contributed by atoms with Crippen LogP contribution in [0.3, 0.4) is 0 Å². The number of thiocarbonyl (C=S) groups is 1. The molecule has 2 saturated heterocycles. The number of rotatable bonds is 6. The molecule has 6 rings (SSSR count). The van der Waals surface area contributed by atoms with Crippen molar-refractivity contribution in [3.05, 3.63) is 59.7 Å². The van der Waals surface area contributed by atoms with Crippen molar-refractivity contribution in [3.63, 3.8) is 0 Å². The largest absolute Gasteiger partial charge is 0.497 e. The van der Waals surface area contributed by atoms with Gasteiger partial charge in [0.2, 0.25) is 0 Å². The third-order valence-electron chi connectivity index (χ3n) is 9.78. The van der Waals surface area contributed by atoms with Gasteiger partial charge in [0.15, 0.2) is 0 Å². The Kier molecular flexibility index (Phi) is 7.23. The van der Waals surface area contributed by atoms with Gasteiger partial charge in [0.1, 0.15) is 33.2 Å². The number of aliphatic imine (C=N–C) groups is 1. The van der Waals surface area contributed by atoms with E-state index in [1.54, 1.807) is 14.2 Å². The molecular weight excluding hydrogens is 532 g/mol. The van der Waals surface area contributed by atoms with Crippen LogP contribution >= 0.6 is 12.2 Å². The van der Waals surface area contributed by atoms with Crippen LogP contribution in [-0.4, -0.2) is 66.2 Å². The van der Waals surface area contributed by atoms with E-state index in [1.807, 2.05) is 29.2 Å². The molecule has 212 valence electrons. The molecule has 8 nitrogen and oxygen atoms in total. The van der Waals surface area contributed by atoms with Gasteiger partial charge in [-0.15, -0.1) is 0 Å². The molecule has 0 aromatic heterocycles. The van der Waals surface area contributed by atoms with Gasteiger partial charge in [-0.05, 0) is 48.2 Å². The zero-order valence-electron chi connectivity index (χ0n) is 23.8. The highest BCUT2D eigenvalue weighted by Crippen LogP contribution is 2.67. The molecule has 2 unspecified atom stereocenters. The lowest BCUT2D eigenvalue weighted by atomic mass is 9.42. The number of hydrogen-bond acceptors (Lipinski definition) is 8. The molecule has 2 aromatic rings. The number of methoxy groups -OCH3 is 2. The fraction of sp³-hybridized carbons (Fsp3) is 0.500. The molecule has 1 saturated carbocycles. The van der Waals surface area contributed by atoms with Crippen molar-refractivity contribution in [1.82, 2.24) is 14.7 Å². The van der Waals surface area contributed by atoms with Crippen LogP contribution in [0.4, 0.5) is 0 Å². The highest BCUT2D eigenvalue weighted by molar-refractivity contribution is 7.80. The number of nitriles is 2. The molecule has 4 aliphatic rings. The number of piperidine rings is 2. The minimum absolute atomic E-state index is 0.484. The van der Waals surface area contributed by atoms with Crippen LogP contribution in [0.1, 0.15) is 43.2 Å². The van der Waals surface area contributed by atoms with Gasteiger partial charge in [-0.25, -0.2) is 0 Å². The molecule has 2 bridgehead atoms. The van der Waals surface area contributed by atoms with Crippen molar-refractivity contribution < 1.29 is 9.47 Å². The Balaban J connectivity index is 1.39. The number of amidine groups is 1. The Labute approximate surface area is 247 Å². The third-order valence-corrected chi connectivity index (χ3v) is 10.4. The average Bonchev–Trinajstić information content (AvgIpc) is 3.02. The predicted octanol–water partition coefficient (Wildman–Crippen LogP) is 4.96. The first-order valence-electron chi connectivity index (χ1n) is 14.3. The van der Waals surface area contributed by atoms with E-state index in [0.717, 1.165) is 60.6 Å². The number of benzene rings is 2. The van der Waals surface area contributed by atoms with Gasteiger partial charge >= 0.3 is 0 Å². The normalized spacial score (nSPS) is 27.4. The molecule has 0 amide bonds. The molecule has 2 aromatic carbocycles. The van der Waals surface area contributed by atoms with Crippen molar-refractivity contribution in [2.75, 3.05) is 40.6 Å². The zero-order valence-corrected chi connectivity index (χ0v) is 24.6. The van der Waals surface area contributed by atoms with Crippen LogP contribution < -0.4 is 9.47 Å². The van der Waals surface area contributed by atoms with Crippen molar-refractivity contribution >= 4 is 23.0 Å². The topological polar surface area (TPSA) is 88.1 Å². The van der Waals surface area contributed by atoms with E-state index < -0.39 is 16.2 Å². The second kappa shape index (κ2) is 10.7. The monoisotopic (exact) mass is 568 g/mol. The maximum atomic E-state index is 11.2. The van der Waals surface area contributed by atoms with E-state index >= 15 is 0 Å². The van der Waals surface area contributed by atoms with Crippen LogP contribution in [-0.2, 0) is 13.1 Å². The predicted molar refractivity (Wildman–Crippen MR) is 160 cm³/mol. The van der Waals surface area contributed by atoms with E-state index in [9.17, 15) is 10.5 Å². The summed E-state index contributed by atoms with van der Waals surface area (Å²) in [5, 5.41) is 22.3. The van der Waals surface area contributed by atoms with Crippen molar-refractivity contribution in [2.24, 2.45) is 21.2 Å². The first kappa shape index (κ1) is 27.7. The molecule has 1 spiro atoms. The van der Waals surface area contributed by atoms with Crippen LogP contribution in [0.5, 0.6) is 11.5 Å². The van der Waals surface area contributed by atoms with E-state index in [2.05, 4.69) is 46.2 Å². The molecule has 2 atom stereocenters. The van der Waals surface area contributed by atoms with Gasteiger partial charge < -0.3 is 14.4 Å². The lowest BCUT2D eigenvalue weighted by Gasteiger charge is -2.67. The summed E-state index contributed by atoms with van der Waals surface area (Å²) in [4.78, 5) is 12.3. The molecule has 0 N–H and O–H groups in total. The van der Waals surface area contributed by atoms with Gasteiger partial charge in [-0.3, -0.25) is 14.8 Å². The van der Waals surface area contributed by atoms with E-state index in [0.29, 0.717) is 44.5 Å². The van der Waals surface area contributed by atoms with Crippen molar-refractivity contribution in [2.45, 2.75) is 45.2 Å². The van der Waals surface area contributed by atoms with Crippen molar-refractivity contribution in [3.8, 4) is 23.6 Å². The summed E-state index contributed by atoms with van der Waals surface area (Å²) in [6.45, 7) is 3.37. The van der Waals surface area contributed by atoms with Crippen LogP contribution in [0.25, 0.3) is 0 Å². The number of nitrogens with zero attached hydrogens (tertiary/aromatic N) is 6. The number of likely N-dealkylation sites (tertiary alicyclic amines) is 1. The Morgan fingerprint density at radius 1 is 0.805 bits per heavy atom. The Bertz CT molecular complexity index is 1420. The minimum atomic E-state index is -0.953. The second-order valence-corrected chi connectivity index (χ2v) is 12.2. The van der Waals surface area contributed by atoms with Crippen LogP contribution in [0.2, 0.25) is 0 Å². The van der Waals surface area contributed by atoms with E-state index in [4.69, 9.17) is 26.7 Å². The quantitative estimate of drug-likeness (QED) is 0.452. The van der Waals surface area contributed by atoms with Gasteiger partial charge in [-0.2, -0.15) is 10.5 Å². The first-order chi connectivity index (χ1) is 19.9. The lowest BCUT2D eigenvalue weighted by Crippen LogP contribution is -2.79. The summed E-state index contributed by atoms with van der Waals surface area (Å²) in [5.74, 6) is 2.39. The minimum Gasteiger partial charge on any atom is -0.497 e. The van der Waals surface area contributed by atoms with Gasteiger partial charge in [-0.1, -0.05) is 55.7 Å². The van der Waals surface area contributed by atoms with Crippen LogP contribution in [0.15, 0.2) is 53.5 Å². The Morgan fingerprint density at radius 2 is 1.34 bits per heavy atom. The number of ether oxygens (including phenoxy) is 2. The number of fused-ring (bicyclic) bond motifs is 2. The molecule has 41 heavy (non-hydrogen) atoms. The molecule has 3 fully saturated rings. The number of hydrogen-bond donors (Lipinski definition) is 0. The summed E-state index contributed by atoms with van der Waals surface area (Å²) in [6.07, 6.45) is 4.79. The Hall–Kier alpha value is -3.50. The summed E-state index contributed by atoms with van der Waals surface area (Å²) in [7, 11) is 3.32. The maximum absolute atomic E-state index is 11.2. The first-order valence-corrected chi connectivity index (χ1v) is 14.7. The summed E-state index contributed by atoms with van der Waals surface area (Å²) >= 11 is 6.30. The molecule has 1 aliphatic carbocycles. The average molecular weight is 569 g/mol. The maximum Gasteiger partial charge on any atom is 0.135 e. The molecule has 9 heteroatoms. The molecular formula is C32H36N6O2S. The zero-order chi connectivity index (χ0) is 28.7. The smallest absolute Gasteiger partial charge is 0.135 e. The van der Waals surface area contributed by atoms with Gasteiger partial charge in [0, 0.05) is 31.6 Å². The fourth-order valence-electron chi connectivity index (χ4n) is 7.85. The highest BCUT2D eigenvalue weighted by atomic mass is 32.1. The highest BCUT2D eigenvalue weighted by Gasteiger charge is 2.75. The van der Waals surface area contributed by atoms with Gasteiger partial charge in [0.25, 0.3) is 0 Å². The molecule has 0 radical (unpaired) electrons. The van der Waals surface area contributed by atoms with Crippen LogP contribution in [0, 0.1) is 38.9 Å². The summed E-state index contributed by atoms with van der Waals surface area (Å²) in [5.41, 5.74) is -0.146. The standard InChI is InChI=1S/C32H36N6O2S/c1-39-26-10-6-24(7-11-26)16-36-20-30(18-33)28-35-22-37(17-25-8-12-27(40-2)13-9-25)23-38(28)29(41)31(19-34,21-36)32(30)14-4-3-5-15-32/h6-13H,3-5,14-17,20-23H2,1-2H3.